The molecule has 0 radical (unpaired) electrons. The van der Waals surface area contributed by atoms with Gasteiger partial charge in [0.1, 0.15) is 24.4 Å². The number of hydrogen-bond acceptors (Lipinski definition) is 3. The van der Waals surface area contributed by atoms with Crippen LogP contribution in [0.3, 0.4) is 0 Å². The number of para-hydroxylation sites is 2. The molecule has 3 aromatic rings. The highest BCUT2D eigenvalue weighted by molar-refractivity contribution is 5.84. The fourth-order valence-electron chi connectivity index (χ4n) is 4.50. The number of aliphatic hydroxyl groups excluding tert-OH is 1. The molecule has 1 atom stereocenters. The van der Waals surface area contributed by atoms with E-state index in [1.54, 1.807) is 11.3 Å². The molecule has 2 N–H and O–H groups in total. The number of benzene rings is 1. The van der Waals surface area contributed by atoms with Gasteiger partial charge < -0.3 is 14.6 Å². The van der Waals surface area contributed by atoms with Gasteiger partial charge in [-0.2, -0.15) is 5.26 Å². The van der Waals surface area contributed by atoms with E-state index in [0.29, 0.717) is 29.9 Å². The van der Waals surface area contributed by atoms with E-state index in [9.17, 15) is 15.2 Å². The number of fused-ring (bicyclic) bond motifs is 3. The third kappa shape index (κ3) is 3.21. The van der Waals surface area contributed by atoms with E-state index in [1.165, 1.54) is 23.8 Å². The fourth-order valence-corrected chi connectivity index (χ4v) is 4.50. The second-order valence-electron chi connectivity index (χ2n) is 8.20. The topological polar surface area (TPSA) is 74.9 Å². The van der Waals surface area contributed by atoms with Crippen molar-refractivity contribution in [2.24, 2.45) is 5.92 Å². The number of piperidine rings is 1. The molecule has 0 saturated carbocycles. The van der Waals surface area contributed by atoms with Crippen molar-refractivity contribution in [1.82, 2.24) is 8.97 Å². The molecule has 0 aliphatic carbocycles. The maximum Gasteiger partial charge on any atom is 0.257 e. The molecule has 28 heavy (non-hydrogen) atoms. The van der Waals surface area contributed by atoms with E-state index in [1.807, 2.05) is 28.8 Å². The number of imidazole rings is 1. The van der Waals surface area contributed by atoms with Gasteiger partial charge in [0.25, 0.3) is 5.56 Å². The number of aromatic nitrogens is 2. The average molecular weight is 379 g/mol. The first-order chi connectivity index (χ1) is 13.5. The standard InChI is InChI=1S/C22H26N4O2/c1-15-7-9-24(10-8-15)13-17(27)14-25-19-5-3-4-6-20(19)26-21(28)11-16(2)18(12-23)22(25)26/h3-6,11,15,17,27H,7-10,13-14H2,1-2H3/p+1/t17-/m0/s1. The lowest BCUT2D eigenvalue weighted by molar-refractivity contribution is -0.909. The van der Waals surface area contributed by atoms with Crippen LogP contribution in [0.5, 0.6) is 0 Å². The molecular formula is C22H27N4O2+. The lowest BCUT2D eigenvalue weighted by Gasteiger charge is -2.29. The summed E-state index contributed by atoms with van der Waals surface area (Å²) in [5.41, 5.74) is 3.22. The summed E-state index contributed by atoms with van der Waals surface area (Å²) in [7, 11) is 0. The molecule has 1 saturated heterocycles. The molecule has 0 unspecified atom stereocenters. The summed E-state index contributed by atoms with van der Waals surface area (Å²) in [6.07, 6.45) is 1.86. The Balaban J connectivity index is 1.77. The molecule has 2 aromatic heterocycles. The first-order valence-corrected chi connectivity index (χ1v) is 10.0. The number of aliphatic hydroxyl groups is 1. The molecule has 1 aromatic carbocycles. The van der Waals surface area contributed by atoms with Crippen molar-refractivity contribution in [2.75, 3.05) is 19.6 Å². The quantitative estimate of drug-likeness (QED) is 0.713. The molecule has 1 fully saturated rings. The minimum atomic E-state index is -0.537. The Hall–Kier alpha value is -2.62. The average Bonchev–Trinajstić information content (AvgIpc) is 2.99. The van der Waals surface area contributed by atoms with E-state index < -0.39 is 6.10 Å². The number of pyridine rings is 1. The van der Waals surface area contributed by atoms with E-state index in [0.717, 1.165) is 30.0 Å². The Bertz CT molecular complexity index is 1110. The predicted octanol–water partition coefficient (Wildman–Crippen LogP) is 1.11. The summed E-state index contributed by atoms with van der Waals surface area (Å²) in [5, 5.41) is 20.6. The molecule has 3 heterocycles. The maximum atomic E-state index is 12.7. The van der Waals surface area contributed by atoms with Crippen molar-refractivity contribution in [3.63, 3.8) is 0 Å². The molecule has 0 amide bonds. The van der Waals surface area contributed by atoms with Gasteiger partial charge in [-0.3, -0.25) is 9.20 Å². The van der Waals surface area contributed by atoms with Gasteiger partial charge in [-0.15, -0.1) is 0 Å². The molecule has 1 aliphatic rings. The largest absolute Gasteiger partial charge is 0.385 e. The lowest BCUT2D eigenvalue weighted by atomic mass is 9.99. The van der Waals surface area contributed by atoms with Crippen molar-refractivity contribution >= 4 is 16.7 Å². The third-order valence-electron chi connectivity index (χ3n) is 6.07. The lowest BCUT2D eigenvalue weighted by Crippen LogP contribution is -3.14. The van der Waals surface area contributed by atoms with Crippen LogP contribution < -0.4 is 10.5 Å². The zero-order valence-electron chi connectivity index (χ0n) is 16.5. The first kappa shape index (κ1) is 18.7. The summed E-state index contributed by atoms with van der Waals surface area (Å²) in [5.74, 6) is 0.770. The highest BCUT2D eigenvalue weighted by atomic mass is 16.3. The SMILES string of the molecule is Cc1cc(=O)n2c3ccccc3n(C[C@@H](O)C[NH+]3CCC(C)CC3)c2c1C#N. The smallest absolute Gasteiger partial charge is 0.257 e. The summed E-state index contributed by atoms with van der Waals surface area (Å²) < 4.78 is 3.54. The van der Waals surface area contributed by atoms with E-state index in [2.05, 4.69) is 13.0 Å². The van der Waals surface area contributed by atoms with Crippen molar-refractivity contribution in [1.29, 1.82) is 5.26 Å². The highest BCUT2D eigenvalue weighted by Crippen LogP contribution is 2.23. The van der Waals surface area contributed by atoms with Crippen molar-refractivity contribution in [3.05, 3.63) is 51.8 Å². The number of quaternary nitrogens is 1. The predicted molar refractivity (Wildman–Crippen MR) is 109 cm³/mol. The molecule has 146 valence electrons. The van der Waals surface area contributed by atoms with Crippen LogP contribution in [-0.2, 0) is 6.54 Å². The Morgan fingerprint density at radius 3 is 2.64 bits per heavy atom. The van der Waals surface area contributed by atoms with Crippen molar-refractivity contribution in [3.8, 4) is 6.07 Å². The number of likely N-dealkylation sites (tertiary alicyclic amines) is 1. The number of nitrogens with zero attached hydrogens (tertiary/aromatic N) is 3. The minimum absolute atomic E-state index is 0.147. The minimum Gasteiger partial charge on any atom is -0.385 e. The van der Waals surface area contributed by atoms with Gasteiger partial charge in [-0.25, -0.2) is 0 Å². The van der Waals surface area contributed by atoms with Crippen LogP contribution in [0.25, 0.3) is 16.7 Å². The zero-order valence-corrected chi connectivity index (χ0v) is 16.5. The van der Waals surface area contributed by atoms with Gasteiger partial charge in [0.15, 0.2) is 0 Å². The van der Waals surface area contributed by atoms with E-state index >= 15 is 0 Å². The summed E-state index contributed by atoms with van der Waals surface area (Å²) in [4.78, 5) is 14.1. The van der Waals surface area contributed by atoms with Crippen LogP contribution in [0.4, 0.5) is 0 Å². The maximum absolute atomic E-state index is 12.7. The Labute approximate surface area is 164 Å². The van der Waals surface area contributed by atoms with Crippen LogP contribution in [0, 0.1) is 24.2 Å². The summed E-state index contributed by atoms with van der Waals surface area (Å²) in [6.45, 7) is 7.31. The Morgan fingerprint density at radius 1 is 1.29 bits per heavy atom. The number of nitrogens with one attached hydrogen (secondary N) is 1. The highest BCUT2D eigenvalue weighted by Gasteiger charge is 2.24. The van der Waals surface area contributed by atoms with E-state index in [-0.39, 0.29) is 5.56 Å². The van der Waals surface area contributed by atoms with Gasteiger partial charge >= 0.3 is 0 Å². The van der Waals surface area contributed by atoms with Crippen LogP contribution >= 0.6 is 0 Å². The van der Waals surface area contributed by atoms with Crippen LogP contribution in [0.2, 0.25) is 0 Å². The van der Waals surface area contributed by atoms with Crippen molar-refractivity contribution < 1.29 is 10.0 Å². The molecule has 0 spiro atoms. The first-order valence-electron chi connectivity index (χ1n) is 10.0. The van der Waals surface area contributed by atoms with Gasteiger partial charge in [0, 0.05) is 6.07 Å². The molecule has 6 heteroatoms. The van der Waals surface area contributed by atoms with Crippen LogP contribution in [-0.4, -0.2) is 39.8 Å². The second-order valence-corrected chi connectivity index (χ2v) is 8.20. The van der Waals surface area contributed by atoms with Gasteiger partial charge in [0.2, 0.25) is 0 Å². The van der Waals surface area contributed by atoms with Crippen LogP contribution in [0.15, 0.2) is 35.1 Å². The summed E-state index contributed by atoms with van der Waals surface area (Å²) >= 11 is 0. The van der Waals surface area contributed by atoms with Crippen molar-refractivity contribution in [2.45, 2.75) is 39.3 Å². The molecule has 1 aliphatic heterocycles. The molecular weight excluding hydrogens is 352 g/mol. The van der Waals surface area contributed by atoms with E-state index in [4.69, 9.17) is 0 Å². The zero-order chi connectivity index (χ0) is 19.8. The normalized spacial score (nSPS) is 21.1. The van der Waals surface area contributed by atoms with Gasteiger partial charge in [0.05, 0.1) is 36.2 Å². The monoisotopic (exact) mass is 379 g/mol. The second kappa shape index (κ2) is 7.42. The molecule has 6 nitrogen and oxygen atoms in total. The number of aryl methyl sites for hydroxylation is 1. The Morgan fingerprint density at radius 2 is 1.96 bits per heavy atom. The third-order valence-corrected chi connectivity index (χ3v) is 6.07. The Kier molecular flexibility index (Phi) is 4.96. The van der Waals surface area contributed by atoms with Gasteiger partial charge in [-0.05, 0) is 43.4 Å². The van der Waals surface area contributed by atoms with Crippen LogP contribution in [0.1, 0.15) is 30.9 Å². The molecule has 0 bridgehead atoms. The van der Waals surface area contributed by atoms with Gasteiger partial charge in [-0.1, -0.05) is 19.1 Å². The molecule has 4 rings (SSSR count). The fraction of sp³-hybridized carbons (Fsp3) is 0.455. The number of rotatable bonds is 4. The summed E-state index contributed by atoms with van der Waals surface area (Å²) in [6, 6.07) is 11.4. The number of nitriles is 1. The number of hydrogen-bond donors (Lipinski definition) is 2.